The Labute approximate surface area is 114 Å². The number of amides is 1. The first-order valence-electron chi connectivity index (χ1n) is 6.06. The van der Waals surface area contributed by atoms with Crippen LogP contribution in [0.25, 0.3) is 0 Å². The number of anilines is 1. The number of sulfone groups is 1. The molecule has 0 spiro atoms. The number of hydrogen-bond acceptors (Lipinski definition) is 4. The molecule has 0 aliphatic heterocycles. The third kappa shape index (κ3) is 3.47. The maximum absolute atomic E-state index is 12.3. The topological polar surface area (TPSA) is 89.3 Å². The molecule has 1 rings (SSSR count). The smallest absolute Gasteiger partial charge is 0.238 e. The van der Waals surface area contributed by atoms with Crippen LogP contribution in [0.5, 0.6) is 0 Å². The van der Waals surface area contributed by atoms with Crippen LogP contribution in [0.2, 0.25) is 0 Å². The van der Waals surface area contributed by atoms with E-state index in [1.807, 2.05) is 0 Å². The van der Waals surface area contributed by atoms with Crippen LogP contribution < -0.4 is 11.1 Å². The zero-order chi connectivity index (χ0) is 14.8. The molecule has 0 radical (unpaired) electrons. The predicted molar refractivity (Wildman–Crippen MR) is 75.5 cm³/mol. The van der Waals surface area contributed by atoms with Crippen molar-refractivity contribution in [2.75, 3.05) is 5.73 Å². The number of nitrogen functional groups attached to an aromatic ring is 1. The van der Waals surface area contributed by atoms with Crippen molar-refractivity contribution >= 4 is 21.4 Å². The van der Waals surface area contributed by atoms with Crippen molar-refractivity contribution in [2.24, 2.45) is 0 Å². The highest BCUT2D eigenvalue weighted by molar-refractivity contribution is 7.92. The van der Waals surface area contributed by atoms with Crippen molar-refractivity contribution in [3.63, 3.8) is 0 Å². The van der Waals surface area contributed by atoms with Gasteiger partial charge in [-0.3, -0.25) is 4.79 Å². The first-order valence-corrected chi connectivity index (χ1v) is 7.61. The van der Waals surface area contributed by atoms with Crippen LogP contribution in [0.4, 0.5) is 5.69 Å². The first kappa shape index (κ1) is 15.5. The van der Waals surface area contributed by atoms with Gasteiger partial charge < -0.3 is 11.1 Å². The summed E-state index contributed by atoms with van der Waals surface area (Å²) in [6.07, 6.45) is 0. The van der Waals surface area contributed by atoms with Gasteiger partial charge in [0.25, 0.3) is 0 Å². The zero-order valence-electron chi connectivity index (χ0n) is 11.6. The number of rotatable bonds is 4. The van der Waals surface area contributed by atoms with E-state index in [0.717, 1.165) is 0 Å². The highest BCUT2D eigenvalue weighted by Gasteiger charge is 2.30. The van der Waals surface area contributed by atoms with E-state index in [0.29, 0.717) is 11.3 Å². The van der Waals surface area contributed by atoms with Gasteiger partial charge in [0, 0.05) is 11.7 Å². The molecule has 0 aliphatic carbocycles. The first-order chi connectivity index (χ1) is 8.66. The fraction of sp³-hybridized carbons (Fsp3) is 0.462. The van der Waals surface area contributed by atoms with Crippen molar-refractivity contribution in [3.8, 4) is 0 Å². The van der Waals surface area contributed by atoms with Crippen molar-refractivity contribution < 1.29 is 13.2 Å². The highest BCUT2D eigenvalue weighted by atomic mass is 32.2. The predicted octanol–water partition coefficient (Wildman–Crippen LogP) is 1.26. The SMILES string of the molecule is Cc1cc(S(=O)(=O)C(C)C(=O)NC(C)C)ccc1N. The lowest BCUT2D eigenvalue weighted by atomic mass is 10.2. The molecule has 6 heteroatoms. The van der Waals surface area contributed by atoms with E-state index in [4.69, 9.17) is 5.73 Å². The molecule has 0 aliphatic rings. The Kier molecular flexibility index (Phi) is 4.57. The minimum atomic E-state index is -3.69. The molecule has 0 aromatic heterocycles. The Morgan fingerprint density at radius 3 is 2.32 bits per heavy atom. The van der Waals surface area contributed by atoms with Gasteiger partial charge in [-0.1, -0.05) is 0 Å². The molecule has 1 atom stereocenters. The Bertz CT molecular complexity index is 580. The van der Waals surface area contributed by atoms with Crippen molar-refractivity contribution in [3.05, 3.63) is 23.8 Å². The highest BCUT2D eigenvalue weighted by Crippen LogP contribution is 2.21. The lowest BCUT2D eigenvalue weighted by Crippen LogP contribution is -2.41. The summed E-state index contributed by atoms with van der Waals surface area (Å²) in [6, 6.07) is 4.36. The van der Waals surface area contributed by atoms with Gasteiger partial charge in [-0.05, 0) is 51.5 Å². The maximum Gasteiger partial charge on any atom is 0.238 e. The number of aryl methyl sites for hydroxylation is 1. The van der Waals surface area contributed by atoms with Crippen LogP contribution in [-0.2, 0) is 14.6 Å². The van der Waals surface area contributed by atoms with Crippen molar-refractivity contribution in [1.82, 2.24) is 5.32 Å². The Morgan fingerprint density at radius 2 is 1.84 bits per heavy atom. The summed E-state index contributed by atoms with van der Waals surface area (Å²) in [5.41, 5.74) is 6.86. The Hall–Kier alpha value is -1.56. The normalized spacial score (nSPS) is 13.3. The number of nitrogens with two attached hydrogens (primary N) is 1. The van der Waals surface area contributed by atoms with Gasteiger partial charge in [0.2, 0.25) is 5.91 Å². The lowest BCUT2D eigenvalue weighted by molar-refractivity contribution is -0.120. The van der Waals surface area contributed by atoms with Gasteiger partial charge in [0.15, 0.2) is 9.84 Å². The molecule has 0 bridgehead atoms. The van der Waals surface area contributed by atoms with E-state index in [2.05, 4.69) is 5.32 Å². The number of nitrogens with one attached hydrogen (secondary N) is 1. The summed E-state index contributed by atoms with van der Waals surface area (Å²) >= 11 is 0. The average molecular weight is 284 g/mol. The molecule has 5 nitrogen and oxygen atoms in total. The molecule has 106 valence electrons. The van der Waals surface area contributed by atoms with E-state index < -0.39 is 21.0 Å². The molecular weight excluding hydrogens is 264 g/mol. The van der Waals surface area contributed by atoms with Gasteiger partial charge in [-0.15, -0.1) is 0 Å². The van der Waals surface area contributed by atoms with Crippen LogP contribution >= 0.6 is 0 Å². The fourth-order valence-corrected chi connectivity index (χ4v) is 2.93. The van der Waals surface area contributed by atoms with Crippen LogP contribution in [0.15, 0.2) is 23.1 Å². The third-order valence-electron chi connectivity index (χ3n) is 2.84. The molecule has 0 fully saturated rings. The number of carbonyl (C=O) groups excluding carboxylic acids is 1. The van der Waals surface area contributed by atoms with Crippen LogP contribution in [0.1, 0.15) is 26.3 Å². The second-order valence-corrected chi connectivity index (χ2v) is 7.14. The van der Waals surface area contributed by atoms with E-state index in [9.17, 15) is 13.2 Å². The van der Waals surface area contributed by atoms with Crippen molar-refractivity contribution in [1.29, 1.82) is 0 Å². The molecule has 3 N–H and O–H groups in total. The Balaban J connectivity index is 3.09. The average Bonchev–Trinajstić information content (AvgIpc) is 2.30. The molecule has 0 saturated heterocycles. The van der Waals surface area contributed by atoms with Gasteiger partial charge in [0.1, 0.15) is 5.25 Å². The molecule has 1 aromatic carbocycles. The third-order valence-corrected chi connectivity index (χ3v) is 4.89. The van der Waals surface area contributed by atoms with Crippen LogP contribution in [0, 0.1) is 6.92 Å². The summed E-state index contributed by atoms with van der Waals surface area (Å²) in [6.45, 7) is 6.68. The standard InChI is InChI=1S/C13H20N2O3S/c1-8(2)15-13(16)10(4)19(17,18)11-5-6-12(14)9(3)7-11/h5-8,10H,14H2,1-4H3,(H,15,16). The molecule has 19 heavy (non-hydrogen) atoms. The summed E-state index contributed by atoms with van der Waals surface area (Å²) < 4.78 is 24.6. The molecule has 0 heterocycles. The largest absolute Gasteiger partial charge is 0.399 e. The van der Waals surface area contributed by atoms with Gasteiger partial charge in [-0.2, -0.15) is 0 Å². The molecule has 0 saturated carbocycles. The van der Waals surface area contributed by atoms with E-state index >= 15 is 0 Å². The fourth-order valence-electron chi connectivity index (χ4n) is 1.57. The summed E-state index contributed by atoms with van der Waals surface area (Å²) in [4.78, 5) is 11.9. The minimum Gasteiger partial charge on any atom is -0.399 e. The summed E-state index contributed by atoms with van der Waals surface area (Å²) in [5.74, 6) is -0.496. The van der Waals surface area contributed by atoms with Gasteiger partial charge in [-0.25, -0.2) is 8.42 Å². The molecule has 1 amide bonds. The second kappa shape index (κ2) is 5.61. The molecular formula is C13H20N2O3S. The van der Waals surface area contributed by atoms with Gasteiger partial charge in [0.05, 0.1) is 4.90 Å². The second-order valence-electron chi connectivity index (χ2n) is 4.87. The van der Waals surface area contributed by atoms with E-state index in [1.54, 1.807) is 20.8 Å². The van der Waals surface area contributed by atoms with Crippen molar-refractivity contribution in [2.45, 2.75) is 43.9 Å². The number of hydrogen-bond donors (Lipinski definition) is 2. The summed E-state index contributed by atoms with van der Waals surface area (Å²) in [5, 5.41) is 1.47. The van der Waals surface area contributed by atoms with Crippen LogP contribution in [0.3, 0.4) is 0 Å². The number of carbonyl (C=O) groups is 1. The minimum absolute atomic E-state index is 0.0988. The van der Waals surface area contributed by atoms with E-state index in [-0.39, 0.29) is 10.9 Å². The van der Waals surface area contributed by atoms with Gasteiger partial charge >= 0.3 is 0 Å². The summed E-state index contributed by atoms with van der Waals surface area (Å²) in [7, 11) is -3.69. The quantitative estimate of drug-likeness (QED) is 0.815. The number of benzene rings is 1. The zero-order valence-corrected chi connectivity index (χ0v) is 12.4. The Morgan fingerprint density at radius 1 is 1.26 bits per heavy atom. The maximum atomic E-state index is 12.3. The van der Waals surface area contributed by atoms with E-state index in [1.165, 1.54) is 25.1 Å². The van der Waals surface area contributed by atoms with Crippen LogP contribution in [-0.4, -0.2) is 25.6 Å². The lowest BCUT2D eigenvalue weighted by Gasteiger charge is -2.16. The monoisotopic (exact) mass is 284 g/mol. The molecule has 1 aromatic rings. The molecule has 1 unspecified atom stereocenters.